The van der Waals surface area contributed by atoms with Crippen molar-refractivity contribution in [1.82, 2.24) is 14.5 Å². The maximum absolute atomic E-state index is 12.9. The Bertz CT molecular complexity index is 914. The van der Waals surface area contributed by atoms with Gasteiger partial charge in [0.2, 0.25) is 10.0 Å². The van der Waals surface area contributed by atoms with Crippen molar-refractivity contribution in [3.05, 3.63) is 59.4 Å². The molecule has 0 aliphatic heterocycles. The number of sulfonamides is 1. The summed E-state index contributed by atoms with van der Waals surface area (Å²) in [6.07, 6.45) is 1.66. The third kappa shape index (κ3) is 3.49. The van der Waals surface area contributed by atoms with Crippen LogP contribution in [0, 0.1) is 5.82 Å². The molecule has 1 N–H and O–H groups in total. The highest BCUT2D eigenvalue weighted by Crippen LogP contribution is 2.28. The minimum Gasteiger partial charge on any atom is -0.268 e. The molecule has 5 nitrogen and oxygen atoms in total. The van der Waals surface area contributed by atoms with Gasteiger partial charge < -0.3 is 0 Å². The molecule has 0 amide bonds. The smallest absolute Gasteiger partial charge is 0.250 e. The maximum atomic E-state index is 12.9. The van der Waals surface area contributed by atoms with Gasteiger partial charge in [-0.25, -0.2) is 17.5 Å². The quantitative estimate of drug-likeness (QED) is 0.769. The lowest BCUT2D eigenvalue weighted by atomic mass is 10.2. The predicted octanol–water partition coefficient (Wildman–Crippen LogP) is 2.77. The summed E-state index contributed by atoms with van der Waals surface area (Å²) in [4.78, 5) is 0. The van der Waals surface area contributed by atoms with E-state index in [9.17, 15) is 12.8 Å². The summed E-state index contributed by atoms with van der Waals surface area (Å²) < 4.78 is 42.0. The average molecular weight is 351 g/mol. The average Bonchev–Trinajstić information content (AvgIpc) is 3.15. The molecule has 0 saturated heterocycles. The Morgan fingerprint density at radius 1 is 1.26 bits per heavy atom. The van der Waals surface area contributed by atoms with Crippen LogP contribution in [0.2, 0.25) is 0 Å². The van der Waals surface area contributed by atoms with Crippen molar-refractivity contribution in [1.29, 1.82) is 0 Å². The van der Waals surface area contributed by atoms with Gasteiger partial charge in [-0.15, -0.1) is 11.3 Å². The second kappa shape index (κ2) is 6.23. The molecule has 2 heterocycles. The van der Waals surface area contributed by atoms with E-state index < -0.39 is 10.0 Å². The largest absolute Gasteiger partial charge is 0.268 e. The highest BCUT2D eigenvalue weighted by Gasteiger charge is 2.18. The molecular weight excluding hydrogens is 337 g/mol. The van der Waals surface area contributed by atoms with Crippen molar-refractivity contribution >= 4 is 21.4 Å². The lowest BCUT2D eigenvalue weighted by molar-refractivity contribution is 0.583. The summed E-state index contributed by atoms with van der Waals surface area (Å²) in [5.74, 6) is -0.351. The molecule has 23 heavy (non-hydrogen) atoms. The van der Waals surface area contributed by atoms with Gasteiger partial charge in [-0.1, -0.05) is 12.1 Å². The van der Waals surface area contributed by atoms with Crippen molar-refractivity contribution in [3.8, 4) is 11.3 Å². The van der Waals surface area contributed by atoms with E-state index in [-0.39, 0.29) is 16.6 Å². The number of benzene rings is 1. The van der Waals surface area contributed by atoms with E-state index in [1.54, 1.807) is 41.5 Å². The molecule has 120 valence electrons. The molecule has 0 fully saturated rings. The Balaban J connectivity index is 1.76. The standard InChI is InChI=1S/C15H14FN3O2S2/c1-19-14(6-7-17-19)12-8-15(22-10-12)23(20,21)18-9-11-2-4-13(16)5-3-11/h2-8,10,18H,9H2,1H3. The molecular formula is C15H14FN3O2S2. The molecule has 0 radical (unpaired) electrons. The van der Waals surface area contributed by atoms with E-state index in [0.29, 0.717) is 5.56 Å². The lowest BCUT2D eigenvalue weighted by Crippen LogP contribution is -2.22. The number of hydrogen-bond acceptors (Lipinski definition) is 4. The van der Waals surface area contributed by atoms with Gasteiger partial charge in [-0.05, 0) is 29.8 Å². The predicted molar refractivity (Wildman–Crippen MR) is 86.9 cm³/mol. The van der Waals surface area contributed by atoms with Crippen LogP contribution < -0.4 is 4.72 Å². The number of hydrogen-bond donors (Lipinski definition) is 1. The summed E-state index contributed by atoms with van der Waals surface area (Å²) in [6.45, 7) is 0.113. The van der Waals surface area contributed by atoms with Gasteiger partial charge >= 0.3 is 0 Å². The molecule has 0 bridgehead atoms. The molecule has 0 aliphatic carbocycles. The Labute approximate surface area is 137 Å². The minimum absolute atomic E-state index is 0.113. The zero-order chi connectivity index (χ0) is 16.4. The monoisotopic (exact) mass is 351 g/mol. The van der Waals surface area contributed by atoms with Crippen molar-refractivity contribution in [2.75, 3.05) is 0 Å². The first-order valence-electron chi connectivity index (χ1n) is 6.77. The molecule has 0 aliphatic rings. The third-order valence-corrected chi connectivity index (χ3v) is 6.18. The highest BCUT2D eigenvalue weighted by atomic mass is 32.2. The van der Waals surface area contributed by atoms with E-state index in [4.69, 9.17) is 0 Å². The summed E-state index contributed by atoms with van der Waals surface area (Å²) in [5.41, 5.74) is 2.34. The van der Waals surface area contributed by atoms with Gasteiger partial charge in [0.25, 0.3) is 0 Å². The zero-order valence-electron chi connectivity index (χ0n) is 12.2. The first-order chi connectivity index (χ1) is 11.0. The van der Waals surface area contributed by atoms with Gasteiger partial charge in [0, 0.05) is 30.7 Å². The first kappa shape index (κ1) is 15.9. The van der Waals surface area contributed by atoms with Crippen molar-refractivity contribution in [2.45, 2.75) is 10.8 Å². The molecule has 0 saturated carbocycles. The Morgan fingerprint density at radius 2 is 2.00 bits per heavy atom. The number of rotatable bonds is 5. The number of aromatic nitrogens is 2. The molecule has 8 heteroatoms. The fourth-order valence-electron chi connectivity index (χ4n) is 2.10. The molecule has 0 atom stereocenters. The lowest BCUT2D eigenvalue weighted by Gasteiger charge is -2.05. The molecule has 0 unspecified atom stereocenters. The number of nitrogens with one attached hydrogen (secondary N) is 1. The minimum atomic E-state index is -3.61. The van der Waals surface area contributed by atoms with Crippen LogP contribution in [0.3, 0.4) is 0 Å². The van der Waals surface area contributed by atoms with Crippen LogP contribution in [0.25, 0.3) is 11.3 Å². The number of aryl methyl sites for hydroxylation is 1. The number of halogens is 1. The maximum Gasteiger partial charge on any atom is 0.250 e. The van der Waals surface area contributed by atoms with Crippen LogP contribution in [-0.2, 0) is 23.6 Å². The Morgan fingerprint density at radius 3 is 2.65 bits per heavy atom. The SMILES string of the molecule is Cn1nccc1-c1csc(S(=O)(=O)NCc2ccc(F)cc2)c1. The van der Waals surface area contributed by atoms with E-state index in [0.717, 1.165) is 22.6 Å². The van der Waals surface area contributed by atoms with Crippen LogP contribution in [0.15, 0.2) is 52.2 Å². The Kier molecular flexibility index (Phi) is 4.29. The van der Waals surface area contributed by atoms with Crippen LogP contribution in [0.4, 0.5) is 4.39 Å². The molecule has 1 aromatic carbocycles. The first-order valence-corrected chi connectivity index (χ1v) is 9.13. The molecule has 0 spiro atoms. The molecule has 3 rings (SSSR count). The fourth-order valence-corrected chi connectivity index (χ4v) is 4.34. The van der Waals surface area contributed by atoms with Crippen LogP contribution in [0.5, 0.6) is 0 Å². The van der Waals surface area contributed by atoms with E-state index in [1.165, 1.54) is 12.1 Å². The second-order valence-electron chi connectivity index (χ2n) is 4.95. The van der Waals surface area contributed by atoms with Gasteiger partial charge in [0.05, 0.1) is 5.69 Å². The van der Waals surface area contributed by atoms with Crippen molar-refractivity contribution in [2.24, 2.45) is 7.05 Å². The van der Waals surface area contributed by atoms with Gasteiger partial charge in [0.1, 0.15) is 10.0 Å². The second-order valence-corrected chi connectivity index (χ2v) is 7.85. The fraction of sp³-hybridized carbons (Fsp3) is 0.133. The summed E-state index contributed by atoms with van der Waals surface area (Å²) in [7, 11) is -1.81. The van der Waals surface area contributed by atoms with Gasteiger partial charge in [-0.2, -0.15) is 5.10 Å². The van der Waals surface area contributed by atoms with Gasteiger partial charge in [-0.3, -0.25) is 4.68 Å². The van der Waals surface area contributed by atoms with Crippen molar-refractivity contribution in [3.63, 3.8) is 0 Å². The summed E-state index contributed by atoms with van der Waals surface area (Å²) in [6, 6.07) is 9.14. The summed E-state index contributed by atoms with van der Waals surface area (Å²) in [5, 5.41) is 5.85. The van der Waals surface area contributed by atoms with E-state index >= 15 is 0 Å². The topological polar surface area (TPSA) is 64.0 Å². The number of nitrogens with zero attached hydrogens (tertiary/aromatic N) is 2. The number of thiophene rings is 1. The Hall–Kier alpha value is -2.03. The summed E-state index contributed by atoms with van der Waals surface area (Å²) >= 11 is 1.15. The normalized spacial score (nSPS) is 11.7. The van der Waals surface area contributed by atoms with E-state index in [2.05, 4.69) is 9.82 Å². The van der Waals surface area contributed by atoms with Crippen LogP contribution in [-0.4, -0.2) is 18.2 Å². The zero-order valence-corrected chi connectivity index (χ0v) is 13.9. The highest BCUT2D eigenvalue weighted by molar-refractivity contribution is 7.91. The van der Waals surface area contributed by atoms with E-state index in [1.807, 2.05) is 6.07 Å². The van der Waals surface area contributed by atoms with Crippen LogP contribution >= 0.6 is 11.3 Å². The van der Waals surface area contributed by atoms with Crippen molar-refractivity contribution < 1.29 is 12.8 Å². The van der Waals surface area contributed by atoms with Crippen LogP contribution in [0.1, 0.15) is 5.56 Å². The molecule has 3 aromatic rings. The molecule has 2 aromatic heterocycles. The third-order valence-electron chi connectivity index (χ3n) is 3.34. The van der Waals surface area contributed by atoms with Gasteiger partial charge in [0.15, 0.2) is 0 Å².